The van der Waals surface area contributed by atoms with Gasteiger partial charge < -0.3 is 9.64 Å². The number of ether oxygens (including phenoxy) is 1. The number of benzene rings is 2. The Morgan fingerprint density at radius 3 is 2.42 bits per heavy atom. The molecule has 0 bridgehead atoms. The van der Waals surface area contributed by atoms with Crippen molar-refractivity contribution in [1.82, 2.24) is 4.98 Å². The third-order valence-electron chi connectivity index (χ3n) is 5.02. The highest BCUT2D eigenvalue weighted by atomic mass is 32.1. The number of halogens is 1. The first-order chi connectivity index (χ1) is 16.0. The molecule has 0 saturated heterocycles. The molecule has 0 aliphatic heterocycles. The fourth-order valence-corrected chi connectivity index (χ4v) is 3.94. The summed E-state index contributed by atoms with van der Waals surface area (Å²) in [6, 6.07) is 12.2. The van der Waals surface area contributed by atoms with Crippen molar-refractivity contribution in [3.8, 4) is 10.6 Å². The van der Waals surface area contributed by atoms with Gasteiger partial charge in [-0.2, -0.15) is 10.2 Å². The molecule has 0 aliphatic carbocycles. The zero-order chi connectivity index (χ0) is 23.6. The van der Waals surface area contributed by atoms with E-state index in [1.165, 1.54) is 25.1 Å². The van der Waals surface area contributed by atoms with Crippen molar-refractivity contribution < 1.29 is 13.9 Å². The van der Waals surface area contributed by atoms with E-state index in [1.54, 1.807) is 12.1 Å². The Hall–Kier alpha value is -3.13. The third kappa shape index (κ3) is 7.18. The van der Waals surface area contributed by atoms with Gasteiger partial charge in [0.05, 0.1) is 24.2 Å². The van der Waals surface area contributed by atoms with Crippen LogP contribution in [0.5, 0.6) is 0 Å². The number of carbonyl (C=O) groups is 1. The van der Waals surface area contributed by atoms with Crippen molar-refractivity contribution in [3.05, 3.63) is 59.4 Å². The molecular weight excluding hydrogens is 439 g/mol. The molecule has 0 unspecified atom stereocenters. The van der Waals surface area contributed by atoms with Crippen LogP contribution >= 0.6 is 11.3 Å². The summed E-state index contributed by atoms with van der Waals surface area (Å²) in [5.41, 5.74) is 2.45. The lowest BCUT2D eigenvalue weighted by Crippen LogP contribution is -2.07. The Balaban J connectivity index is 1.59. The van der Waals surface area contributed by atoms with Gasteiger partial charge in [-0.1, -0.05) is 32.6 Å². The number of esters is 1. The van der Waals surface area contributed by atoms with Gasteiger partial charge in [-0.25, -0.2) is 14.2 Å². The monoisotopic (exact) mass is 468 g/mol. The standard InChI is InChI=1S/C25H29FN4O2S/c1-4-5-6-7-8-15-32-25(31)23-17-27-24(33-23)21-14-11-19(16-22(21)26)29-28-18-9-12-20(13-10-18)30(2)3/h9-14,16-17H,4-8,15H2,1-3H3. The van der Waals surface area contributed by atoms with E-state index in [-0.39, 0.29) is 0 Å². The van der Waals surface area contributed by atoms with Crippen LogP contribution in [-0.4, -0.2) is 31.7 Å². The van der Waals surface area contributed by atoms with Gasteiger partial charge in [0.15, 0.2) is 0 Å². The van der Waals surface area contributed by atoms with Crippen LogP contribution in [0.25, 0.3) is 10.6 Å². The fourth-order valence-electron chi connectivity index (χ4n) is 3.11. The van der Waals surface area contributed by atoms with Crippen LogP contribution in [0.15, 0.2) is 58.9 Å². The third-order valence-corrected chi connectivity index (χ3v) is 6.03. The number of unbranched alkanes of at least 4 members (excludes halogenated alkanes) is 4. The molecule has 3 aromatic rings. The molecular formula is C25H29FN4O2S. The van der Waals surface area contributed by atoms with Crippen molar-refractivity contribution in [1.29, 1.82) is 0 Å². The van der Waals surface area contributed by atoms with Gasteiger partial charge >= 0.3 is 5.97 Å². The van der Waals surface area contributed by atoms with E-state index in [2.05, 4.69) is 22.1 Å². The van der Waals surface area contributed by atoms with Gasteiger partial charge in [0, 0.05) is 31.4 Å². The molecule has 0 aliphatic rings. The zero-order valence-corrected chi connectivity index (χ0v) is 20.1. The van der Waals surface area contributed by atoms with Crippen LogP contribution in [0.4, 0.5) is 21.5 Å². The first kappa shape index (κ1) is 24.5. The van der Waals surface area contributed by atoms with E-state index in [0.717, 1.165) is 36.3 Å². The highest BCUT2D eigenvalue weighted by molar-refractivity contribution is 7.16. The lowest BCUT2D eigenvalue weighted by atomic mass is 10.2. The predicted octanol–water partition coefficient (Wildman–Crippen LogP) is 7.56. The second-order valence-corrected chi connectivity index (χ2v) is 8.89. The second kappa shape index (κ2) is 12.2. The molecule has 3 rings (SSSR count). The normalized spacial score (nSPS) is 11.2. The van der Waals surface area contributed by atoms with Gasteiger partial charge in [0.2, 0.25) is 0 Å². The maximum absolute atomic E-state index is 14.7. The summed E-state index contributed by atoms with van der Waals surface area (Å²) >= 11 is 1.12. The Morgan fingerprint density at radius 1 is 1.03 bits per heavy atom. The fraction of sp³-hybridized carbons (Fsp3) is 0.360. The number of anilines is 1. The highest BCUT2D eigenvalue weighted by Crippen LogP contribution is 2.31. The van der Waals surface area contributed by atoms with E-state index in [1.807, 2.05) is 43.3 Å². The second-order valence-electron chi connectivity index (χ2n) is 7.85. The van der Waals surface area contributed by atoms with E-state index >= 15 is 0 Å². The lowest BCUT2D eigenvalue weighted by Gasteiger charge is -2.11. The van der Waals surface area contributed by atoms with Crippen LogP contribution in [-0.2, 0) is 4.74 Å². The van der Waals surface area contributed by atoms with Crippen LogP contribution in [0.3, 0.4) is 0 Å². The maximum atomic E-state index is 14.7. The molecule has 0 spiro atoms. The topological polar surface area (TPSA) is 67.1 Å². The summed E-state index contributed by atoms with van der Waals surface area (Å²) in [6.07, 6.45) is 6.85. The summed E-state index contributed by atoms with van der Waals surface area (Å²) in [5, 5.41) is 8.71. The van der Waals surface area contributed by atoms with E-state index < -0.39 is 11.8 Å². The summed E-state index contributed by atoms with van der Waals surface area (Å²) < 4.78 is 20.0. The Kier molecular flexibility index (Phi) is 9.06. The molecule has 0 amide bonds. The maximum Gasteiger partial charge on any atom is 0.349 e. The molecule has 1 heterocycles. The average Bonchev–Trinajstić information content (AvgIpc) is 3.30. The van der Waals surface area contributed by atoms with Crippen LogP contribution in [0.2, 0.25) is 0 Å². The van der Waals surface area contributed by atoms with Crippen molar-refractivity contribution in [2.45, 2.75) is 39.0 Å². The lowest BCUT2D eigenvalue weighted by molar-refractivity contribution is 0.0503. The minimum atomic E-state index is -0.473. The first-order valence-electron chi connectivity index (χ1n) is 11.1. The molecule has 0 saturated carbocycles. The Morgan fingerprint density at radius 2 is 1.73 bits per heavy atom. The molecule has 6 nitrogen and oxygen atoms in total. The highest BCUT2D eigenvalue weighted by Gasteiger charge is 2.15. The van der Waals surface area contributed by atoms with Crippen LogP contribution in [0.1, 0.15) is 48.7 Å². The summed E-state index contributed by atoms with van der Waals surface area (Å²) in [5.74, 6) is -0.889. The molecule has 0 atom stereocenters. The van der Waals surface area contributed by atoms with Gasteiger partial charge in [0.1, 0.15) is 15.7 Å². The van der Waals surface area contributed by atoms with E-state index in [0.29, 0.717) is 33.4 Å². The Labute approximate surface area is 198 Å². The molecule has 1 aromatic heterocycles. The van der Waals surface area contributed by atoms with Crippen molar-refractivity contribution in [3.63, 3.8) is 0 Å². The molecule has 0 fully saturated rings. The number of thiazole rings is 1. The molecule has 0 radical (unpaired) electrons. The number of rotatable bonds is 11. The quantitative estimate of drug-likeness (QED) is 0.165. The zero-order valence-electron chi connectivity index (χ0n) is 19.3. The van der Waals surface area contributed by atoms with Crippen molar-refractivity contribution in [2.75, 3.05) is 25.6 Å². The first-order valence-corrected chi connectivity index (χ1v) is 11.9. The van der Waals surface area contributed by atoms with Crippen molar-refractivity contribution in [2.24, 2.45) is 10.2 Å². The van der Waals surface area contributed by atoms with Gasteiger partial charge in [0.25, 0.3) is 0 Å². The SMILES string of the molecule is CCCCCCCOC(=O)c1cnc(-c2ccc(N=Nc3ccc(N(C)C)cc3)cc2F)s1. The number of carbonyl (C=O) groups excluding carboxylic acids is 1. The van der Waals surface area contributed by atoms with Crippen LogP contribution in [0, 0.1) is 5.82 Å². The van der Waals surface area contributed by atoms with Gasteiger partial charge in [-0.05, 0) is 42.8 Å². The van der Waals surface area contributed by atoms with Crippen LogP contribution < -0.4 is 4.90 Å². The molecule has 2 aromatic carbocycles. The van der Waals surface area contributed by atoms with Gasteiger partial charge in [-0.15, -0.1) is 11.3 Å². The van der Waals surface area contributed by atoms with E-state index in [9.17, 15) is 9.18 Å². The smallest absolute Gasteiger partial charge is 0.349 e. The molecule has 0 N–H and O–H groups in total. The van der Waals surface area contributed by atoms with Gasteiger partial charge in [-0.3, -0.25) is 0 Å². The van der Waals surface area contributed by atoms with E-state index in [4.69, 9.17) is 4.74 Å². The number of azo groups is 1. The number of hydrogen-bond donors (Lipinski definition) is 0. The minimum Gasteiger partial charge on any atom is -0.461 e. The summed E-state index contributed by atoms with van der Waals surface area (Å²) in [7, 11) is 3.93. The number of hydrogen-bond acceptors (Lipinski definition) is 7. The Bertz CT molecular complexity index is 1080. The molecule has 33 heavy (non-hydrogen) atoms. The summed E-state index contributed by atoms with van der Waals surface area (Å²) in [4.78, 5) is 18.8. The summed E-state index contributed by atoms with van der Waals surface area (Å²) in [6.45, 7) is 2.55. The predicted molar refractivity (Wildman–Crippen MR) is 131 cm³/mol. The molecule has 8 heteroatoms. The van der Waals surface area contributed by atoms with Crippen molar-refractivity contribution >= 4 is 34.4 Å². The number of aromatic nitrogens is 1. The number of nitrogens with zero attached hydrogens (tertiary/aromatic N) is 4. The minimum absolute atomic E-state index is 0.313. The molecule has 174 valence electrons. The average molecular weight is 469 g/mol. The largest absolute Gasteiger partial charge is 0.461 e.